The van der Waals surface area contributed by atoms with E-state index in [9.17, 15) is 9.59 Å². The van der Waals surface area contributed by atoms with Crippen LogP contribution < -0.4 is 4.90 Å². The molecule has 2 rings (SSSR count). The summed E-state index contributed by atoms with van der Waals surface area (Å²) in [7, 11) is 0. The number of hydrogen-bond acceptors (Lipinski definition) is 2. The minimum absolute atomic E-state index is 0.132. The van der Waals surface area contributed by atoms with E-state index in [-0.39, 0.29) is 23.7 Å². The first-order valence-corrected chi connectivity index (χ1v) is 6.84. The smallest absolute Gasteiger partial charge is 0.237 e. The number of anilines is 1. The molecule has 1 heterocycles. The van der Waals surface area contributed by atoms with Gasteiger partial charge in [0, 0.05) is 20.8 Å². The average Bonchev–Trinajstić information content (AvgIpc) is 2.42. The molecular weight excluding hydrogens is 350 g/mol. The average molecular weight is 361 g/mol. The molecule has 1 fully saturated rings. The van der Waals surface area contributed by atoms with Gasteiger partial charge in [-0.2, -0.15) is 0 Å². The Hall–Kier alpha value is -0.680. The molecule has 90 valence electrons. The Morgan fingerprint density at radius 3 is 1.76 bits per heavy atom. The van der Waals surface area contributed by atoms with Crippen LogP contribution in [0.15, 0.2) is 27.1 Å². The van der Waals surface area contributed by atoms with Gasteiger partial charge in [-0.15, -0.1) is 0 Å². The maximum atomic E-state index is 12.0. The number of imide groups is 1. The second kappa shape index (κ2) is 4.53. The first-order valence-electron chi connectivity index (χ1n) is 5.25. The predicted molar refractivity (Wildman–Crippen MR) is 72.7 cm³/mol. The fourth-order valence-corrected chi connectivity index (χ4v) is 3.14. The van der Waals surface area contributed by atoms with Crippen molar-refractivity contribution in [1.82, 2.24) is 0 Å². The van der Waals surface area contributed by atoms with Crippen molar-refractivity contribution >= 4 is 49.4 Å². The van der Waals surface area contributed by atoms with Gasteiger partial charge in [-0.25, -0.2) is 4.90 Å². The summed E-state index contributed by atoms with van der Waals surface area (Å²) >= 11 is 6.70. The van der Waals surface area contributed by atoms with Gasteiger partial charge in [-0.1, -0.05) is 45.7 Å². The van der Waals surface area contributed by atoms with Crippen molar-refractivity contribution in [3.63, 3.8) is 0 Å². The zero-order valence-corrected chi connectivity index (χ0v) is 12.6. The summed E-state index contributed by atoms with van der Waals surface area (Å²) in [6.07, 6.45) is 0. The van der Waals surface area contributed by atoms with Gasteiger partial charge in [0.2, 0.25) is 11.8 Å². The molecule has 5 heteroatoms. The van der Waals surface area contributed by atoms with Crippen LogP contribution in [-0.4, -0.2) is 11.8 Å². The summed E-state index contributed by atoms with van der Waals surface area (Å²) in [5, 5.41) is 0. The van der Waals surface area contributed by atoms with Gasteiger partial charge in [0.05, 0.1) is 5.69 Å². The van der Waals surface area contributed by atoms with Gasteiger partial charge >= 0.3 is 0 Å². The number of carbonyl (C=O) groups excluding carboxylic acids is 2. The lowest BCUT2D eigenvalue weighted by molar-refractivity contribution is -0.122. The molecule has 1 aromatic carbocycles. The van der Waals surface area contributed by atoms with Crippen LogP contribution in [0.5, 0.6) is 0 Å². The molecule has 2 amide bonds. The normalized spacial score (nSPS) is 24.6. The van der Waals surface area contributed by atoms with E-state index in [2.05, 4.69) is 31.9 Å². The van der Waals surface area contributed by atoms with Crippen LogP contribution in [0.3, 0.4) is 0 Å². The fourth-order valence-electron chi connectivity index (χ4n) is 1.87. The first kappa shape index (κ1) is 12.8. The second-order valence-electron chi connectivity index (χ2n) is 4.22. The molecule has 0 radical (unpaired) electrons. The van der Waals surface area contributed by atoms with Gasteiger partial charge < -0.3 is 0 Å². The molecule has 1 aromatic rings. The largest absolute Gasteiger partial charge is 0.274 e. The maximum Gasteiger partial charge on any atom is 0.237 e. The lowest BCUT2D eigenvalue weighted by Gasteiger charge is -2.15. The zero-order chi connectivity index (χ0) is 12.7. The Morgan fingerprint density at radius 1 is 0.941 bits per heavy atom. The number of carbonyl (C=O) groups is 2. The van der Waals surface area contributed by atoms with Crippen LogP contribution in [0.4, 0.5) is 5.69 Å². The van der Waals surface area contributed by atoms with Gasteiger partial charge in [0.25, 0.3) is 0 Å². The molecule has 2 unspecified atom stereocenters. The Bertz CT molecular complexity index is 461. The molecule has 17 heavy (non-hydrogen) atoms. The van der Waals surface area contributed by atoms with Crippen molar-refractivity contribution in [3.05, 3.63) is 27.1 Å². The third kappa shape index (κ3) is 2.18. The van der Waals surface area contributed by atoms with Crippen molar-refractivity contribution in [2.75, 3.05) is 4.90 Å². The van der Waals surface area contributed by atoms with Crippen molar-refractivity contribution in [2.24, 2.45) is 11.8 Å². The quantitative estimate of drug-likeness (QED) is 0.720. The van der Waals surface area contributed by atoms with Gasteiger partial charge in [0.1, 0.15) is 0 Å². The Balaban J connectivity index is 2.47. The minimum Gasteiger partial charge on any atom is -0.274 e. The third-order valence-corrected chi connectivity index (χ3v) is 3.99. The van der Waals surface area contributed by atoms with Crippen molar-refractivity contribution in [1.29, 1.82) is 0 Å². The van der Waals surface area contributed by atoms with E-state index < -0.39 is 0 Å². The molecule has 0 bridgehead atoms. The standard InChI is InChI=1S/C12H11Br2NO2/c1-6-7(2)12(17)15(11(6)16)10-4-8(13)3-9(14)5-10/h3-7H,1-2H3. The van der Waals surface area contributed by atoms with E-state index in [0.29, 0.717) is 5.69 Å². The summed E-state index contributed by atoms with van der Waals surface area (Å²) in [5.74, 6) is -0.763. The summed E-state index contributed by atoms with van der Waals surface area (Å²) < 4.78 is 1.66. The number of rotatable bonds is 1. The Kier molecular flexibility index (Phi) is 3.41. The van der Waals surface area contributed by atoms with E-state index in [1.165, 1.54) is 4.90 Å². The Morgan fingerprint density at radius 2 is 1.35 bits per heavy atom. The molecule has 3 nitrogen and oxygen atoms in total. The summed E-state index contributed by atoms with van der Waals surface area (Å²) in [6, 6.07) is 5.40. The fraction of sp³-hybridized carbons (Fsp3) is 0.333. The van der Waals surface area contributed by atoms with Crippen LogP contribution in [0.1, 0.15) is 13.8 Å². The van der Waals surface area contributed by atoms with Crippen molar-refractivity contribution < 1.29 is 9.59 Å². The summed E-state index contributed by atoms with van der Waals surface area (Å²) in [4.78, 5) is 25.3. The molecule has 0 saturated carbocycles. The van der Waals surface area contributed by atoms with Crippen molar-refractivity contribution in [3.8, 4) is 0 Å². The molecule has 2 atom stereocenters. The van der Waals surface area contributed by atoms with Crippen LogP contribution in [-0.2, 0) is 9.59 Å². The lowest BCUT2D eigenvalue weighted by Crippen LogP contribution is -2.30. The number of nitrogens with zero attached hydrogens (tertiary/aromatic N) is 1. The molecule has 0 aromatic heterocycles. The van der Waals surface area contributed by atoms with E-state index in [0.717, 1.165) is 8.95 Å². The molecule has 0 N–H and O–H groups in total. The molecule has 1 saturated heterocycles. The zero-order valence-electron chi connectivity index (χ0n) is 9.41. The van der Waals surface area contributed by atoms with Crippen LogP contribution in [0.25, 0.3) is 0 Å². The number of hydrogen-bond donors (Lipinski definition) is 0. The van der Waals surface area contributed by atoms with Gasteiger partial charge in [-0.05, 0) is 18.2 Å². The van der Waals surface area contributed by atoms with E-state index >= 15 is 0 Å². The van der Waals surface area contributed by atoms with E-state index in [1.54, 1.807) is 26.0 Å². The van der Waals surface area contributed by atoms with Crippen LogP contribution in [0.2, 0.25) is 0 Å². The topological polar surface area (TPSA) is 37.4 Å². The van der Waals surface area contributed by atoms with Crippen LogP contribution >= 0.6 is 31.9 Å². The number of halogens is 2. The molecule has 0 spiro atoms. The second-order valence-corrected chi connectivity index (χ2v) is 6.05. The van der Waals surface area contributed by atoms with Crippen molar-refractivity contribution in [2.45, 2.75) is 13.8 Å². The third-order valence-electron chi connectivity index (χ3n) is 3.08. The molecular formula is C12H11Br2NO2. The monoisotopic (exact) mass is 359 g/mol. The molecule has 1 aliphatic rings. The lowest BCUT2D eigenvalue weighted by atomic mass is 10.00. The molecule has 0 aliphatic carbocycles. The highest BCUT2D eigenvalue weighted by molar-refractivity contribution is 9.11. The first-order chi connectivity index (χ1) is 7.91. The summed E-state index contributed by atoms with van der Waals surface area (Å²) in [6.45, 7) is 3.58. The number of benzene rings is 1. The number of amides is 2. The SMILES string of the molecule is CC1C(=O)N(c2cc(Br)cc(Br)c2)C(=O)C1C. The predicted octanol–water partition coefficient (Wildman–Crippen LogP) is 3.36. The van der Waals surface area contributed by atoms with Gasteiger partial charge in [0.15, 0.2) is 0 Å². The van der Waals surface area contributed by atoms with Gasteiger partial charge in [-0.3, -0.25) is 9.59 Å². The highest BCUT2D eigenvalue weighted by Gasteiger charge is 2.43. The maximum absolute atomic E-state index is 12.0. The highest BCUT2D eigenvalue weighted by Crippen LogP contribution is 2.33. The Labute approximate surface area is 116 Å². The van der Waals surface area contributed by atoms with E-state index in [1.807, 2.05) is 6.07 Å². The highest BCUT2D eigenvalue weighted by atomic mass is 79.9. The molecule has 1 aliphatic heterocycles. The summed E-state index contributed by atoms with van der Waals surface area (Å²) in [5.41, 5.74) is 0.609. The minimum atomic E-state index is -0.250. The van der Waals surface area contributed by atoms with Crippen LogP contribution in [0, 0.1) is 11.8 Å². The van der Waals surface area contributed by atoms with E-state index in [4.69, 9.17) is 0 Å².